The van der Waals surface area contributed by atoms with Crippen LogP contribution in [0, 0.1) is 5.92 Å². The van der Waals surface area contributed by atoms with Gasteiger partial charge in [0.25, 0.3) is 0 Å². The van der Waals surface area contributed by atoms with Gasteiger partial charge in [-0.3, -0.25) is 9.59 Å². The molecule has 0 aromatic rings. The summed E-state index contributed by atoms with van der Waals surface area (Å²) in [6.07, 6.45) is 1.46. The second kappa shape index (κ2) is 8.16. The number of rotatable bonds is 4. The van der Waals surface area contributed by atoms with E-state index in [0.29, 0.717) is 24.2 Å². The number of hydrogen-bond donors (Lipinski definition) is 1. The van der Waals surface area contributed by atoms with E-state index in [1.807, 2.05) is 0 Å². The van der Waals surface area contributed by atoms with Gasteiger partial charge in [-0.1, -0.05) is 0 Å². The van der Waals surface area contributed by atoms with Crippen LogP contribution in [-0.2, 0) is 33.4 Å². The summed E-state index contributed by atoms with van der Waals surface area (Å²) in [5, 5.41) is 2.89. The summed E-state index contributed by atoms with van der Waals surface area (Å²) < 4.78 is 14.9. The molecule has 2 aliphatic rings. The molecule has 8 heteroatoms. The number of dihydropyridines is 1. The third-order valence-corrected chi connectivity index (χ3v) is 4.56. The molecule has 0 bridgehead atoms. The van der Waals surface area contributed by atoms with E-state index < -0.39 is 29.9 Å². The van der Waals surface area contributed by atoms with E-state index in [2.05, 4.69) is 5.32 Å². The van der Waals surface area contributed by atoms with Crippen molar-refractivity contribution in [2.45, 2.75) is 45.6 Å². The summed E-state index contributed by atoms with van der Waals surface area (Å²) in [6, 6.07) is 0. The van der Waals surface area contributed by atoms with Crippen molar-refractivity contribution in [3.05, 3.63) is 22.5 Å². The molecule has 0 spiro atoms. The number of allylic oxidation sites excluding steroid dienone is 2. The van der Waals surface area contributed by atoms with Gasteiger partial charge >= 0.3 is 17.9 Å². The van der Waals surface area contributed by atoms with Crippen molar-refractivity contribution in [3.63, 3.8) is 0 Å². The first kappa shape index (κ1) is 19.7. The molecule has 1 aliphatic heterocycles. The zero-order valence-corrected chi connectivity index (χ0v) is 15.3. The zero-order valence-electron chi connectivity index (χ0n) is 15.3. The van der Waals surface area contributed by atoms with Gasteiger partial charge in [-0.25, -0.2) is 9.59 Å². The Morgan fingerprint density at radius 2 is 1.50 bits per heavy atom. The van der Waals surface area contributed by atoms with Crippen molar-refractivity contribution in [1.29, 1.82) is 0 Å². The van der Waals surface area contributed by atoms with Crippen molar-refractivity contribution in [1.82, 2.24) is 5.32 Å². The third kappa shape index (κ3) is 3.79. The van der Waals surface area contributed by atoms with Crippen LogP contribution in [0.1, 0.15) is 39.5 Å². The average Bonchev–Trinajstić information content (AvgIpc) is 2.61. The fourth-order valence-corrected chi connectivity index (χ4v) is 3.27. The lowest BCUT2D eigenvalue weighted by Gasteiger charge is -2.30. The number of Topliss-reactive ketones (excluding diaryl/α,β-unsaturated/α-hetero) is 1. The molecule has 0 saturated heterocycles. The van der Waals surface area contributed by atoms with Crippen molar-refractivity contribution in [2.75, 3.05) is 14.2 Å². The molecule has 8 nitrogen and oxygen atoms in total. The summed E-state index contributed by atoms with van der Waals surface area (Å²) in [5.41, 5.74) is 0.677. The molecule has 1 atom stereocenters. The van der Waals surface area contributed by atoms with Crippen LogP contribution in [0.5, 0.6) is 0 Å². The van der Waals surface area contributed by atoms with Gasteiger partial charge in [0.1, 0.15) is 5.92 Å². The molecule has 1 aliphatic carbocycles. The van der Waals surface area contributed by atoms with E-state index in [-0.39, 0.29) is 16.9 Å². The Hall–Kier alpha value is -2.64. The maximum Gasteiger partial charge on any atom is 0.336 e. The highest BCUT2D eigenvalue weighted by Gasteiger charge is 2.43. The zero-order chi connectivity index (χ0) is 19.4. The fourth-order valence-electron chi connectivity index (χ4n) is 3.27. The predicted octanol–water partition coefficient (Wildman–Crippen LogP) is 1.15. The van der Waals surface area contributed by atoms with Crippen LogP contribution in [-0.4, -0.2) is 44.0 Å². The molecule has 0 amide bonds. The molecule has 0 unspecified atom stereocenters. The lowest BCUT2D eigenvalue weighted by molar-refractivity contribution is -0.160. The number of carbonyl (C=O) groups excluding carboxylic acids is 4. The monoisotopic (exact) mass is 365 g/mol. The van der Waals surface area contributed by atoms with E-state index in [1.54, 1.807) is 13.8 Å². The molecule has 1 saturated carbocycles. The second-order valence-corrected chi connectivity index (χ2v) is 6.26. The minimum atomic E-state index is -1.31. The molecule has 1 N–H and O–H groups in total. The van der Waals surface area contributed by atoms with Gasteiger partial charge in [0.05, 0.1) is 25.4 Å². The highest BCUT2D eigenvalue weighted by atomic mass is 16.6. The highest BCUT2D eigenvalue weighted by Crippen LogP contribution is 2.33. The summed E-state index contributed by atoms with van der Waals surface area (Å²) in [7, 11) is 2.36. The van der Waals surface area contributed by atoms with E-state index in [0.717, 1.165) is 12.8 Å². The maximum absolute atomic E-state index is 12.9. The van der Waals surface area contributed by atoms with Gasteiger partial charge in [0.2, 0.25) is 0 Å². The Labute approximate surface area is 151 Å². The smallest absolute Gasteiger partial charge is 0.336 e. The Morgan fingerprint density at radius 3 is 1.96 bits per heavy atom. The Morgan fingerprint density at radius 1 is 0.962 bits per heavy atom. The molecule has 0 radical (unpaired) electrons. The van der Waals surface area contributed by atoms with Crippen molar-refractivity contribution >= 4 is 23.7 Å². The lowest BCUT2D eigenvalue weighted by atomic mass is 9.85. The minimum Gasteiger partial charge on any atom is -0.466 e. The van der Waals surface area contributed by atoms with Gasteiger partial charge in [-0.15, -0.1) is 0 Å². The predicted molar refractivity (Wildman–Crippen MR) is 89.4 cm³/mol. The van der Waals surface area contributed by atoms with E-state index >= 15 is 0 Å². The Kier molecular flexibility index (Phi) is 6.18. The fraction of sp³-hybridized carbons (Fsp3) is 0.556. The Bertz CT molecular complexity index is 666. The van der Waals surface area contributed by atoms with Crippen LogP contribution >= 0.6 is 0 Å². The first-order valence-corrected chi connectivity index (χ1v) is 8.40. The van der Waals surface area contributed by atoms with Crippen LogP contribution in [0.25, 0.3) is 0 Å². The Balaban J connectivity index is 2.42. The van der Waals surface area contributed by atoms with E-state index in [1.165, 1.54) is 14.2 Å². The van der Waals surface area contributed by atoms with Gasteiger partial charge in [0, 0.05) is 17.8 Å². The molecular formula is C18H23NO7. The molecule has 26 heavy (non-hydrogen) atoms. The molecule has 0 aromatic heterocycles. The first-order valence-electron chi connectivity index (χ1n) is 8.40. The summed E-state index contributed by atoms with van der Waals surface area (Å²) in [4.78, 5) is 49.4. The third-order valence-electron chi connectivity index (χ3n) is 4.56. The SMILES string of the molecule is COC(=O)C1=C(C)NC(C)=C(C(=O)OC)C1C(=O)O[C@@H]1CCCCC1=O. The second-order valence-electron chi connectivity index (χ2n) is 6.26. The van der Waals surface area contributed by atoms with E-state index in [4.69, 9.17) is 14.2 Å². The number of ketones is 1. The van der Waals surface area contributed by atoms with Gasteiger partial charge in [-0.05, 0) is 33.1 Å². The van der Waals surface area contributed by atoms with Crippen LogP contribution < -0.4 is 5.32 Å². The van der Waals surface area contributed by atoms with Crippen LogP contribution in [0.15, 0.2) is 22.5 Å². The molecule has 2 rings (SSSR count). The van der Waals surface area contributed by atoms with Gasteiger partial charge < -0.3 is 19.5 Å². The summed E-state index contributed by atoms with van der Waals surface area (Å²) >= 11 is 0. The molecule has 0 aromatic carbocycles. The number of carbonyl (C=O) groups is 4. The quantitative estimate of drug-likeness (QED) is 0.584. The van der Waals surface area contributed by atoms with Gasteiger partial charge in [-0.2, -0.15) is 0 Å². The molecule has 142 valence electrons. The van der Waals surface area contributed by atoms with Crippen molar-refractivity contribution in [2.24, 2.45) is 5.92 Å². The van der Waals surface area contributed by atoms with Crippen molar-refractivity contribution in [3.8, 4) is 0 Å². The normalized spacial score (nSPS) is 21.2. The molecular weight excluding hydrogens is 342 g/mol. The number of nitrogens with one attached hydrogen (secondary N) is 1. The minimum absolute atomic E-state index is 0.0354. The van der Waals surface area contributed by atoms with Crippen LogP contribution in [0.3, 0.4) is 0 Å². The average molecular weight is 365 g/mol. The van der Waals surface area contributed by atoms with Crippen LogP contribution in [0.4, 0.5) is 0 Å². The van der Waals surface area contributed by atoms with E-state index in [9.17, 15) is 19.2 Å². The number of ether oxygens (including phenoxy) is 3. The first-order chi connectivity index (χ1) is 12.3. The van der Waals surface area contributed by atoms with Crippen molar-refractivity contribution < 1.29 is 33.4 Å². The molecule has 1 heterocycles. The maximum atomic E-state index is 12.9. The van der Waals surface area contributed by atoms with Crippen LogP contribution in [0.2, 0.25) is 0 Å². The summed E-state index contributed by atoms with van der Waals surface area (Å²) in [6.45, 7) is 3.19. The lowest BCUT2D eigenvalue weighted by Crippen LogP contribution is -2.40. The highest BCUT2D eigenvalue weighted by molar-refractivity contribution is 6.06. The number of methoxy groups -OCH3 is 2. The standard InChI is InChI=1S/C18H23NO7/c1-9-13(16(21)24-3)15(14(10(2)19-9)17(22)25-4)18(23)26-12-8-6-5-7-11(12)20/h12,15,19H,5-8H2,1-4H3/t12-/m1/s1. The number of esters is 3. The topological polar surface area (TPSA) is 108 Å². The van der Waals surface area contributed by atoms with Gasteiger partial charge in [0.15, 0.2) is 11.9 Å². The largest absolute Gasteiger partial charge is 0.466 e. The number of hydrogen-bond acceptors (Lipinski definition) is 8. The summed E-state index contributed by atoms with van der Waals surface area (Å²) in [5.74, 6) is -3.84. The molecule has 1 fully saturated rings.